The Morgan fingerprint density at radius 2 is 2.47 bits per heavy atom. The third-order valence-corrected chi connectivity index (χ3v) is 4.45. The Balaban J connectivity index is 2.18. The van der Waals surface area contributed by atoms with Crippen LogP contribution in [0.25, 0.3) is 0 Å². The molecule has 1 aromatic heterocycles. The maximum atomic E-state index is 12.0. The molecule has 1 aromatic rings. The van der Waals surface area contributed by atoms with Crippen LogP contribution >= 0.6 is 0 Å². The second-order valence-corrected chi connectivity index (χ2v) is 5.46. The fourth-order valence-electron chi connectivity index (χ4n) is 1.71. The molecule has 0 bridgehead atoms. The number of hydrogen-bond acceptors (Lipinski definition) is 4. The summed E-state index contributed by atoms with van der Waals surface area (Å²) < 4.78 is 25.4. The molecule has 0 saturated carbocycles. The molecule has 1 saturated heterocycles. The largest absolute Gasteiger partial charge is 0.316 e. The molecule has 2 rings (SSSR count). The summed E-state index contributed by atoms with van der Waals surface area (Å²) >= 11 is 0. The first-order valence-corrected chi connectivity index (χ1v) is 6.25. The fourth-order valence-corrected chi connectivity index (χ4v) is 3.11. The molecule has 1 aliphatic heterocycles. The zero-order chi connectivity index (χ0) is 10.9. The van der Waals surface area contributed by atoms with E-state index in [1.807, 2.05) is 7.05 Å². The van der Waals surface area contributed by atoms with Gasteiger partial charge in [-0.2, -0.15) is 9.40 Å². The van der Waals surface area contributed by atoms with Gasteiger partial charge in [-0.3, -0.25) is 5.10 Å². The number of hydrogen-bond donors (Lipinski definition) is 2. The SMILES string of the molecule is CNC1CCN(S(=O)(=O)c2ccn[nH]2)C1. The molecule has 15 heavy (non-hydrogen) atoms. The lowest BCUT2D eigenvalue weighted by molar-refractivity contribution is 0.462. The van der Waals surface area contributed by atoms with Gasteiger partial charge in [0.15, 0.2) is 5.03 Å². The monoisotopic (exact) mass is 230 g/mol. The van der Waals surface area contributed by atoms with Crippen molar-refractivity contribution in [1.29, 1.82) is 0 Å². The van der Waals surface area contributed by atoms with Gasteiger partial charge in [0.2, 0.25) is 0 Å². The molecule has 1 aliphatic rings. The Bertz CT molecular complexity index is 414. The predicted octanol–water partition coefficient (Wildman–Crippen LogP) is -0.608. The second kappa shape index (κ2) is 3.92. The minimum absolute atomic E-state index is 0.166. The smallest absolute Gasteiger partial charge is 0.260 e. The zero-order valence-electron chi connectivity index (χ0n) is 8.47. The van der Waals surface area contributed by atoms with E-state index in [1.54, 1.807) is 0 Å². The number of aromatic amines is 1. The number of nitrogens with zero attached hydrogens (tertiary/aromatic N) is 2. The van der Waals surface area contributed by atoms with Crippen LogP contribution in [-0.4, -0.2) is 49.1 Å². The van der Waals surface area contributed by atoms with E-state index in [0.29, 0.717) is 13.1 Å². The van der Waals surface area contributed by atoms with Crippen LogP contribution < -0.4 is 5.32 Å². The summed E-state index contributed by atoms with van der Waals surface area (Å²) in [5.74, 6) is 0. The molecule has 1 atom stereocenters. The minimum Gasteiger partial charge on any atom is -0.316 e. The number of nitrogens with one attached hydrogen (secondary N) is 2. The van der Waals surface area contributed by atoms with Crippen LogP contribution in [0, 0.1) is 0 Å². The molecule has 0 aromatic carbocycles. The highest BCUT2D eigenvalue weighted by atomic mass is 32.2. The van der Waals surface area contributed by atoms with E-state index in [-0.39, 0.29) is 11.1 Å². The summed E-state index contributed by atoms with van der Waals surface area (Å²) in [6.45, 7) is 1.09. The normalized spacial score (nSPS) is 23.4. The van der Waals surface area contributed by atoms with Gasteiger partial charge in [-0.15, -0.1) is 0 Å². The van der Waals surface area contributed by atoms with Gasteiger partial charge in [-0.05, 0) is 19.5 Å². The van der Waals surface area contributed by atoms with Crippen molar-refractivity contribution >= 4 is 10.0 Å². The standard InChI is InChI=1S/C8H14N4O2S/c1-9-7-3-5-12(6-7)15(13,14)8-2-4-10-11-8/h2,4,7,9H,3,5-6H2,1H3,(H,10,11). The van der Waals surface area contributed by atoms with E-state index >= 15 is 0 Å². The van der Waals surface area contributed by atoms with Gasteiger partial charge < -0.3 is 5.32 Å². The van der Waals surface area contributed by atoms with Crippen LogP contribution in [0.5, 0.6) is 0 Å². The Morgan fingerprint density at radius 1 is 1.67 bits per heavy atom. The Morgan fingerprint density at radius 3 is 3.00 bits per heavy atom. The molecule has 2 N–H and O–H groups in total. The Labute approximate surface area is 88.7 Å². The summed E-state index contributed by atoms with van der Waals surface area (Å²) in [5, 5.41) is 9.39. The van der Waals surface area contributed by atoms with Gasteiger partial charge in [0.05, 0.1) is 6.20 Å². The van der Waals surface area contributed by atoms with E-state index in [4.69, 9.17) is 0 Å². The van der Waals surface area contributed by atoms with Crippen LogP contribution in [-0.2, 0) is 10.0 Å². The van der Waals surface area contributed by atoms with Crippen LogP contribution in [0.1, 0.15) is 6.42 Å². The molecule has 0 spiro atoms. The molecule has 0 amide bonds. The maximum Gasteiger partial charge on any atom is 0.260 e. The number of likely N-dealkylation sites (N-methyl/N-ethyl adjacent to an activating group) is 1. The average molecular weight is 230 g/mol. The van der Waals surface area contributed by atoms with Crippen LogP contribution in [0.3, 0.4) is 0 Å². The van der Waals surface area contributed by atoms with E-state index in [2.05, 4.69) is 15.5 Å². The lowest BCUT2D eigenvalue weighted by Crippen LogP contribution is -2.33. The summed E-state index contributed by atoms with van der Waals surface area (Å²) in [7, 11) is -1.52. The predicted molar refractivity (Wildman–Crippen MR) is 54.8 cm³/mol. The zero-order valence-corrected chi connectivity index (χ0v) is 9.29. The van der Waals surface area contributed by atoms with Gasteiger partial charge in [-0.25, -0.2) is 8.42 Å². The summed E-state index contributed by atoms with van der Waals surface area (Å²) in [6, 6.07) is 1.73. The van der Waals surface area contributed by atoms with Crippen molar-refractivity contribution in [3.8, 4) is 0 Å². The van der Waals surface area contributed by atoms with Crippen molar-refractivity contribution in [2.75, 3.05) is 20.1 Å². The van der Waals surface area contributed by atoms with Crippen molar-refractivity contribution in [3.05, 3.63) is 12.3 Å². The van der Waals surface area contributed by atoms with Crippen molar-refractivity contribution in [2.24, 2.45) is 0 Å². The lowest BCUT2D eigenvalue weighted by atomic mass is 10.3. The Kier molecular flexibility index (Phi) is 2.76. The number of rotatable bonds is 3. The van der Waals surface area contributed by atoms with E-state index in [9.17, 15) is 8.42 Å². The highest BCUT2D eigenvalue weighted by molar-refractivity contribution is 7.89. The van der Waals surface area contributed by atoms with E-state index in [1.165, 1.54) is 16.6 Å². The van der Waals surface area contributed by atoms with Crippen LogP contribution in [0.2, 0.25) is 0 Å². The molecule has 1 unspecified atom stereocenters. The van der Waals surface area contributed by atoms with Gasteiger partial charge in [-0.1, -0.05) is 0 Å². The molecule has 7 heteroatoms. The molecule has 84 valence electrons. The summed E-state index contributed by atoms with van der Waals surface area (Å²) in [5.41, 5.74) is 0. The second-order valence-electron chi connectivity index (χ2n) is 3.56. The van der Waals surface area contributed by atoms with Gasteiger partial charge >= 0.3 is 0 Å². The van der Waals surface area contributed by atoms with Crippen molar-refractivity contribution < 1.29 is 8.42 Å². The van der Waals surface area contributed by atoms with E-state index < -0.39 is 10.0 Å². The van der Waals surface area contributed by atoms with Crippen molar-refractivity contribution in [3.63, 3.8) is 0 Å². The molecule has 2 heterocycles. The highest BCUT2D eigenvalue weighted by Gasteiger charge is 2.32. The first-order chi connectivity index (χ1) is 7.14. The van der Waals surface area contributed by atoms with E-state index in [0.717, 1.165) is 6.42 Å². The third-order valence-electron chi connectivity index (χ3n) is 2.65. The number of sulfonamides is 1. The maximum absolute atomic E-state index is 12.0. The highest BCUT2D eigenvalue weighted by Crippen LogP contribution is 2.18. The Hall–Kier alpha value is -0.920. The molecular weight excluding hydrogens is 216 g/mol. The number of aromatic nitrogens is 2. The molecule has 6 nitrogen and oxygen atoms in total. The van der Waals surface area contributed by atoms with Crippen LogP contribution in [0.15, 0.2) is 17.3 Å². The molecule has 0 radical (unpaired) electrons. The van der Waals surface area contributed by atoms with Crippen molar-refractivity contribution in [2.45, 2.75) is 17.5 Å². The van der Waals surface area contributed by atoms with Gasteiger partial charge in [0, 0.05) is 19.1 Å². The molecule has 0 aliphatic carbocycles. The topological polar surface area (TPSA) is 78.1 Å². The fraction of sp³-hybridized carbons (Fsp3) is 0.625. The summed E-state index contributed by atoms with van der Waals surface area (Å²) in [4.78, 5) is 0. The molecular formula is C8H14N4O2S. The van der Waals surface area contributed by atoms with Crippen LogP contribution in [0.4, 0.5) is 0 Å². The third kappa shape index (κ3) is 1.90. The quantitative estimate of drug-likeness (QED) is 0.726. The first kappa shape index (κ1) is 10.6. The minimum atomic E-state index is -3.36. The summed E-state index contributed by atoms with van der Waals surface area (Å²) in [6.07, 6.45) is 2.29. The average Bonchev–Trinajstić information content (AvgIpc) is 2.89. The van der Waals surface area contributed by atoms with Gasteiger partial charge in [0.1, 0.15) is 0 Å². The van der Waals surface area contributed by atoms with Gasteiger partial charge in [0.25, 0.3) is 10.0 Å². The first-order valence-electron chi connectivity index (χ1n) is 4.81. The molecule has 1 fully saturated rings. The lowest BCUT2D eigenvalue weighted by Gasteiger charge is -2.14. The van der Waals surface area contributed by atoms with Crippen molar-refractivity contribution in [1.82, 2.24) is 19.8 Å². The number of H-pyrrole nitrogens is 1.